The van der Waals surface area contributed by atoms with E-state index in [9.17, 15) is 5.11 Å². The van der Waals surface area contributed by atoms with Gasteiger partial charge in [-0.25, -0.2) is 4.98 Å². The Bertz CT molecular complexity index is 545. The zero-order chi connectivity index (χ0) is 13.7. The normalized spacial score (nSPS) is 10.6. The van der Waals surface area contributed by atoms with Crippen molar-refractivity contribution in [3.63, 3.8) is 0 Å². The number of anilines is 1. The molecule has 2 rings (SSSR count). The standard InChI is InChI=1S/C12H13N3O3S/c1-17-9-5-8(6-10(18-2)11(9)16)7-14-15-12-13-3-4-19-12/h3-7,16H,1-2H3,(H,13,15)/b14-7-. The van der Waals surface area contributed by atoms with Crippen molar-refractivity contribution in [3.8, 4) is 17.2 Å². The summed E-state index contributed by atoms with van der Waals surface area (Å²) < 4.78 is 10.1. The van der Waals surface area contributed by atoms with Crippen LogP contribution in [0.25, 0.3) is 0 Å². The molecule has 2 N–H and O–H groups in total. The molecule has 0 saturated heterocycles. The van der Waals surface area contributed by atoms with Gasteiger partial charge >= 0.3 is 0 Å². The van der Waals surface area contributed by atoms with E-state index in [1.54, 1.807) is 24.5 Å². The second-order valence-corrected chi connectivity index (χ2v) is 4.38. The summed E-state index contributed by atoms with van der Waals surface area (Å²) in [6.45, 7) is 0. The van der Waals surface area contributed by atoms with E-state index in [0.717, 1.165) is 5.56 Å². The molecule has 2 aromatic rings. The lowest BCUT2D eigenvalue weighted by Crippen LogP contribution is -1.94. The Morgan fingerprint density at radius 2 is 2.00 bits per heavy atom. The van der Waals surface area contributed by atoms with Crippen molar-refractivity contribution in [2.75, 3.05) is 19.6 Å². The minimum absolute atomic E-state index is 0.0324. The molecule has 7 heteroatoms. The lowest BCUT2D eigenvalue weighted by molar-refractivity contribution is 0.340. The van der Waals surface area contributed by atoms with Gasteiger partial charge in [0.05, 0.1) is 20.4 Å². The van der Waals surface area contributed by atoms with Gasteiger partial charge in [0.2, 0.25) is 10.9 Å². The molecule has 0 amide bonds. The van der Waals surface area contributed by atoms with E-state index in [1.165, 1.54) is 25.6 Å². The monoisotopic (exact) mass is 279 g/mol. The van der Waals surface area contributed by atoms with Crippen LogP contribution in [0, 0.1) is 0 Å². The largest absolute Gasteiger partial charge is 0.502 e. The number of thiazole rings is 1. The topological polar surface area (TPSA) is 76.0 Å². The Morgan fingerprint density at radius 1 is 1.32 bits per heavy atom. The van der Waals surface area contributed by atoms with Crippen molar-refractivity contribution in [2.45, 2.75) is 0 Å². The number of hydrogen-bond acceptors (Lipinski definition) is 7. The van der Waals surface area contributed by atoms with Crippen molar-refractivity contribution in [1.82, 2.24) is 4.98 Å². The fraction of sp³-hybridized carbons (Fsp3) is 0.167. The molecule has 0 fully saturated rings. The fourth-order valence-electron chi connectivity index (χ4n) is 1.43. The van der Waals surface area contributed by atoms with Crippen LogP contribution in [0.2, 0.25) is 0 Å². The van der Waals surface area contributed by atoms with Crippen molar-refractivity contribution in [2.24, 2.45) is 5.10 Å². The van der Waals surface area contributed by atoms with Gasteiger partial charge in [-0.05, 0) is 12.1 Å². The zero-order valence-corrected chi connectivity index (χ0v) is 11.3. The van der Waals surface area contributed by atoms with E-state index in [2.05, 4.69) is 15.5 Å². The Kier molecular flexibility index (Phi) is 4.19. The number of benzene rings is 1. The molecule has 0 spiro atoms. The molecule has 0 unspecified atom stereocenters. The first kappa shape index (κ1) is 13.2. The smallest absolute Gasteiger partial charge is 0.203 e. The van der Waals surface area contributed by atoms with E-state index in [0.29, 0.717) is 16.6 Å². The number of nitrogens with zero attached hydrogens (tertiary/aromatic N) is 2. The third-order valence-corrected chi connectivity index (χ3v) is 2.99. The average Bonchev–Trinajstić information content (AvgIpc) is 2.93. The highest BCUT2D eigenvalue weighted by atomic mass is 32.1. The number of aromatic nitrogens is 1. The molecule has 1 heterocycles. The molecule has 0 saturated carbocycles. The lowest BCUT2D eigenvalue weighted by Gasteiger charge is -2.09. The number of phenolic OH excluding ortho intramolecular Hbond substituents is 1. The summed E-state index contributed by atoms with van der Waals surface area (Å²) >= 11 is 1.45. The minimum Gasteiger partial charge on any atom is -0.502 e. The molecule has 6 nitrogen and oxygen atoms in total. The maximum atomic E-state index is 9.77. The number of hydrogen-bond donors (Lipinski definition) is 2. The van der Waals surface area contributed by atoms with E-state index < -0.39 is 0 Å². The molecular formula is C12H13N3O3S. The Labute approximate surface area is 114 Å². The molecule has 0 aliphatic rings. The summed E-state index contributed by atoms with van der Waals surface area (Å²) in [6.07, 6.45) is 3.28. The van der Waals surface area contributed by atoms with Gasteiger partial charge in [-0.2, -0.15) is 5.10 Å². The summed E-state index contributed by atoms with van der Waals surface area (Å²) in [4.78, 5) is 4.03. The molecular weight excluding hydrogens is 266 g/mol. The third kappa shape index (κ3) is 3.14. The van der Waals surface area contributed by atoms with Crippen molar-refractivity contribution in [3.05, 3.63) is 29.3 Å². The number of aromatic hydroxyl groups is 1. The van der Waals surface area contributed by atoms with E-state index in [-0.39, 0.29) is 5.75 Å². The Hall–Kier alpha value is -2.28. The molecule has 0 radical (unpaired) electrons. The van der Waals surface area contributed by atoms with E-state index in [4.69, 9.17) is 9.47 Å². The number of phenols is 1. The van der Waals surface area contributed by atoms with Crippen LogP contribution < -0.4 is 14.9 Å². The van der Waals surface area contributed by atoms with Crippen LogP contribution >= 0.6 is 11.3 Å². The SMILES string of the molecule is COc1cc(/C=N\Nc2nccs2)cc(OC)c1O. The number of methoxy groups -OCH3 is 2. The minimum atomic E-state index is -0.0324. The van der Waals surface area contributed by atoms with Crippen LogP contribution in [-0.4, -0.2) is 30.5 Å². The van der Waals surface area contributed by atoms with Gasteiger partial charge < -0.3 is 14.6 Å². The summed E-state index contributed by atoms with van der Waals surface area (Å²) in [5, 5.41) is 16.4. The molecule has 19 heavy (non-hydrogen) atoms. The molecule has 0 atom stereocenters. The van der Waals surface area contributed by atoms with Gasteiger partial charge in [0, 0.05) is 17.1 Å². The summed E-state index contributed by atoms with van der Waals surface area (Å²) in [5.41, 5.74) is 3.53. The second kappa shape index (κ2) is 6.05. The van der Waals surface area contributed by atoms with Gasteiger partial charge in [0.1, 0.15) is 0 Å². The van der Waals surface area contributed by atoms with Crippen LogP contribution in [0.15, 0.2) is 28.8 Å². The molecule has 0 aliphatic carbocycles. The van der Waals surface area contributed by atoms with Crippen molar-refractivity contribution in [1.29, 1.82) is 0 Å². The number of rotatable bonds is 5. The third-order valence-electron chi connectivity index (χ3n) is 2.31. The van der Waals surface area contributed by atoms with Crippen LogP contribution in [0.5, 0.6) is 17.2 Å². The number of hydrazone groups is 1. The zero-order valence-electron chi connectivity index (χ0n) is 10.5. The molecule has 1 aromatic carbocycles. The number of ether oxygens (including phenoxy) is 2. The highest BCUT2D eigenvalue weighted by molar-refractivity contribution is 7.13. The van der Waals surface area contributed by atoms with Gasteiger partial charge in [-0.15, -0.1) is 11.3 Å². The summed E-state index contributed by atoms with van der Waals surface area (Å²) in [5.74, 6) is 0.625. The van der Waals surface area contributed by atoms with Gasteiger partial charge in [0.25, 0.3) is 0 Å². The highest BCUT2D eigenvalue weighted by Crippen LogP contribution is 2.36. The first-order valence-corrected chi connectivity index (χ1v) is 6.26. The van der Waals surface area contributed by atoms with Gasteiger partial charge in [0.15, 0.2) is 11.5 Å². The Balaban J connectivity index is 2.17. The summed E-state index contributed by atoms with van der Waals surface area (Å²) in [6, 6.07) is 3.32. The van der Waals surface area contributed by atoms with Gasteiger partial charge in [-0.1, -0.05) is 0 Å². The molecule has 0 aliphatic heterocycles. The quantitative estimate of drug-likeness (QED) is 0.649. The first-order chi connectivity index (χ1) is 9.24. The maximum absolute atomic E-state index is 9.77. The van der Waals surface area contributed by atoms with Crippen LogP contribution in [0.4, 0.5) is 5.13 Å². The summed E-state index contributed by atoms with van der Waals surface area (Å²) in [7, 11) is 2.95. The lowest BCUT2D eigenvalue weighted by atomic mass is 10.2. The first-order valence-electron chi connectivity index (χ1n) is 5.38. The van der Waals surface area contributed by atoms with Gasteiger partial charge in [-0.3, -0.25) is 5.43 Å². The fourth-order valence-corrected chi connectivity index (χ4v) is 1.91. The van der Waals surface area contributed by atoms with Crippen LogP contribution in [0.3, 0.4) is 0 Å². The van der Waals surface area contributed by atoms with Crippen molar-refractivity contribution < 1.29 is 14.6 Å². The maximum Gasteiger partial charge on any atom is 0.203 e. The predicted molar refractivity (Wildman–Crippen MR) is 74.5 cm³/mol. The van der Waals surface area contributed by atoms with Crippen LogP contribution in [-0.2, 0) is 0 Å². The molecule has 100 valence electrons. The molecule has 0 bridgehead atoms. The van der Waals surface area contributed by atoms with E-state index in [1.807, 2.05) is 5.38 Å². The predicted octanol–water partition coefficient (Wildman–Crippen LogP) is 2.31. The number of nitrogens with one attached hydrogen (secondary N) is 1. The Morgan fingerprint density at radius 3 is 2.53 bits per heavy atom. The highest BCUT2D eigenvalue weighted by Gasteiger charge is 2.10. The molecule has 1 aromatic heterocycles. The van der Waals surface area contributed by atoms with Crippen LogP contribution in [0.1, 0.15) is 5.56 Å². The second-order valence-electron chi connectivity index (χ2n) is 3.48. The van der Waals surface area contributed by atoms with Crippen molar-refractivity contribution >= 4 is 22.7 Å². The van der Waals surface area contributed by atoms with E-state index >= 15 is 0 Å². The average molecular weight is 279 g/mol.